The van der Waals surface area contributed by atoms with Crippen LogP contribution in [0, 0.1) is 0 Å². The van der Waals surface area contributed by atoms with Crippen LogP contribution in [0.1, 0.15) is 22.3 Å². The van der Waals surface area contributed by atoms with Gasteiger partial charge in [-0.2, -0.15) is 0 Å². The van der Waals surface area contributed by atoms with E-state index >= 15 is 0 Å². The first-order valence-corrected chi connectivity index (χ1v) is 14.1. The van der Waals surface area contributed by atoms with Crippen molar-refractivity contribution in [3.05, 3.63) is 65.7 Å². The predicted molar refractivity (Wildman–Crippen MR) is 150 cm³/mol. The third-order valence-corrected chi connectivity index (χ3v) is 8.12. The van der Waals surface area contributed by atoms with E-state index in [1.54, 1.807) is 13.2 Å². The van der Waals surface area contributed by atoms with E-state index < -0.39 is 6.04 Å². The summed E-state index contributed by atoms with van der Waals surface area (Å²) in [6.07, 6.45) is 0.633. The predicted octanol–water partition coefficient (Wildman–Crippen LogP) is 1.54. The second kappa shape index (κ2) is 13.4. The maximum Gasteiger partial charge on any atom is 0.254 e. The third-order valence-electron chi connectivity index (χ3n) is 8.12. The fourth-order valence-corrected chi connectivity index (χ4v) is 5.86. The van der Waals surface area contributed by atoms with Crippen LogP contribution in [-0.2, 0) is 16.1 Å². The number of amides is 2. The molecule has 2 amide bonds. The molecule has 0 radical (unpaired) electrons. The van der Waals surface area contributed by atoms with Crippen molar-refractivity contribution in [3.63, 3.8) is 0 Å². The van der Waals surface area contributed by atoms with Crippen molar-refractivity contribution >= 4 is 11.8 Å². The summed E-state index contributed by atoms with van der Waals surface area (Å²) in [5.74, 6) is 0.582. The highest BCUT2D eigenvalue weighted by atomic mass is 16.5. The van der Waals surface area contributed by atoms with Crippen LogP contribution in [0.15, 0.2) is 54.6 Å². The van der Waals surface area contributed by atoms with Crippen LogP contribution in [0.25, 0.3) is 0 Å². The fourth-order valence-electron chi connectivity index (χ4n) is 5.86. The molecule has 210 valence electrons. The number of hydrogen-bond acceptors (Lipinski definition) is 7. The second-order valence-corrected chi connectivity index (χ2v) is 10.6. The van der Waals surface area contributed by atoms with Crippen molar-refractivity contribution in [2.45, 2.75) is 25.0 Å². The van der Waals surface area contributed by atoms with Crippen molar-refractivity contribution in [2.75, 3.05) is 79.2 Å². The van der Waals surface area contributed by atoms with Gasteiger partial charge in [-0.1, -0.05) is 36.4 Å². The minimum absolute atomic E-state index is 0.0584. The lowest BCUT2D eigenvalue weighted by Gasteiger charge is -2.33. The normalized spacial score (nSPS) is 22.3. The number of morpholine rings is 1. The maximum absolute atomic E-state index is 13.9. The van der Waals surface area contributed by atoms with Gasteiger partial charge >= 0.3 is 0 Å². The van der Waals surface area contributed by atoms with E-state index in [1.807, 2.05) is 34.1 Å². The van der Waals surface area contributed by atoms with E-state index in [2.05, 4.69) is 39.4 Å². The maximum atomic E-state index is 13.9. The molecule has 5 rings (SSSR count). The van der Waals surface area contributed by atoms with Gasteiger partial charge in [0.15, 0.2) is 0 Å². The molecule has 1 N–H and O–H groups in total. The molecule has 0 aliphatic carbocycles. The number of carbonyl (C=O) groups is 2. The van der Waals surface area contributed by atoms with Crippen LogP contribution < -0.4 is 10.1 Å². The molecule has 0 saturated carbocycles. The van der Waals surface area contributed by atoms with Crippen LogP contribution >= 0.6 is 0 Å². The lowest BCUT2D eigenvalue weighted by Crippen LogP contribution is -2.53. The van der Waals surface area contributed by atoms with Gasteiger partial charge in [0.1, 0.15) is 11.8 Å². The number of piperazine rings is 1. The Hall–Kier alpha value is -2.98. The zero-order valence-electron chi connectivity index (χ0n) is 23.0. The van der Waals surface area contributed by atoms with Gasteiger partial charge in [0.05, 0.1) is 20.3 Å². The van der Waals surface area contributed by atoms with E-state index in [9.17, 15) is 9.59 Å². The molecule has 3 fully saturated rings. The van der Waals surface area contributed by atoms with Gasteiger partial charge in [0.2, 0.25) is 5.91 Å². The lowest BCUT2D eigenvalue weighted by atomic mass is 10.1. The Morgan fingerprint density at radius 1 is 1.03 bits per heavy atom. The first kappa shape index (κ1) is 27.6. The number of methoxy groups -OCH3 is 1. The summed E-state index contributed by atoms with van der Waals surface area (Å²) in [5.41, 5.74) is 1.79. The van der Waals surface area contributed by atoms with Crippen molar-refractivity contribution in [1.29, 1.82) is 0 Å². The summed E-state index contributed by atoms with van der Waals surface area (Å²) in [7, 11) is 1.60. The average Bonchev–Trinajstić information content (AvgIpc) is 3.45. The first-order valence-electron chi connectivity index (χ1n) is 14.1. The van der Waals surface area contributed by atoms with Gasteiger partial charge in [0.25, 0.3) is 5.91 Å². The lowest BCUT2D eigenvalue weighted by molar-refractivity contribution is -0.135. The van der Waals surface area contributed by atoms with Crippen molar-refractivity contribution in [3.8, 4) is 5.75 Å². The van der Waals surface area contributed by atoms with Crippen LogP contribution in [0.5, 0.6) is 5.75 Å². The number of hydrogen-bond donors (Lipinski definition) is 1. The molecule has 0 bridgehead atoms. The quantitative estimate of drug-likeness (QED) is 0.522. The molecule has 9 heteroatoms. The Labute approximate surface area is 231 Å². The molecular weight excluding hydrogens is 494 g/mol. The Morgan fingerprint density at radius 2 is 1.79 bits per heavy atom. The smallest absolute Gasteiger partial charge is 0.254 e. The van der Waals surface area contributed by atoms with Crippen LogP contribution in [0.3, 0.4) is 0 Å². The van der Waals surface area contributed by atoms with Gasteiger partial charge in [-0.15, -0.1) is 0 Å². The summed E-state index contributed by atoms with van der Waals surface area (Å²) in [6, 6.07) is 17.3. The van der Waals surface area contributed by atoms with Crippen LogP contribution in [0.2, 0.25) is 0 Å². The standard InChI is InChI=1S/C30H41N5O4/c1-38-27-9-5-8-25(20-27)29(36)35-23-26(21-28(35)30(37)33-12-10-31-11-13-33)34(22-24-6-3-2-4-7-24)15-14-32-16-18-39-19-17-32/h2-9,20,26,28,31H,10-19,21-23H2,1H3. The molecule has 3 heterocycles. The fraction of sp³-hybridized carbons (Fsp3) is 0.533. The number of nitrogens with one attached hydrogen (secondary N) is 1. The Balaban J connectivity index is 1.39. The summed E-state index contributed by atoms with van der Waals surface area (Å²) < 4.78 is 10.9. The van der Waals surface area contributed by atoms with Gasteiger partial charge in [0, 0.05) is 77.1 Å². The highest BCUT2D eigenvalue weighted by molar-refractivity contribution is 5.98. The summed E-state index contributed by atoms with van der Waals surface area (Å²) in [5, 5.41) is 3.32. The summed E-state index contributed by atoms with van der Waals surface area (Å²) in [4.78, 5) is 36.4. The minimum atomic E-state index is -0.478. The number of benzene rings is 2. The largest absolute Gasteiger partial charge is 0.497 e. The van der Waals surface area contributed by atoms with E-state index in [0.29, 0.717) is 37.4 Å². The number of likely N-dealkylation sites (tertiary alicyclic amines) is 1. The third kappa shape index (κ3) is 6.97. The van der Waals surface area contributed by atoms with Crippen LogP contribution in [0.4, 0.5) is 0 Å². The number of ether oxygens (including phenoxy) is 2. The van der Waals surface area contributed by atoms with E-state index in [4.69, 9.17) is 9.47 Å². The van der Waals surface area contributed by atoms with Gasteiger partial charge in [-0.3, -0.25) is 19.4 Å². The summed E-state index contributed by atoms with van der Waals surface area (Å²) >= 11 is 0. The molecule has 3 aliphatic rings. The molecule has 0 aromatic heterocycles. The topological polar surface area (TPSA) is 77.6 Å². The Kier molecular flexibility index (Phi) is 9.47. The van der Waals surface area contributed by atoms with Crippen molar-refractivity contribution in [2.24, 2.45) is 0 Å². The zero-order valence-corrected chi connectivity index (χ0v) is 23.0. The second-order valence-electron chi connectivity index (χ2n) is 10.6. The Bertz CT molecular complexity index is 1090. The molecule has 2 atom stereocenters. The average molecular weight is 536 g/mol. The zero-order chi connectivity index (χ0) is 27.0. The van der Waals surface area contributed by atoms with Gasteiger partial charge in [-0.25, -0.2) is 0 Å². The molecule has 2 unspecified atom stereocenters. The minimum Gasteiger partial charge on any atom is -0.497 e. The van der Waals surface area contributed by atoms with E-state index in [0.717, 1.165) is 59.0 Å². The monoisotopic (exact) mass is 535 g/mol. The molecule has 0 spiro atoms. The molecule has 2 aromatic rings. The number of carbonyl (C=O) groups excluding carboxylic acids is 2. The van der Waals surface area contributed by atoms with E-state index in [-0.39, 0.29) is 17.9 Å². The molecule has 3 saturated heterocycles. The first-order chi connectivity index (χ1) is 19.1. The SMILES string of the molecule is COc1cccc(C(=O)N2CC(N(CCN3CCOCC3)Cc3ccccc3)CC2C(=O)N2CCNCC2)c1. The van der Waals surface area contributed by atoms with Crippen molar-refractivity contribution in [1.82, 2.24) is 24.9 Å². The molecule has 39 heavy (non-hydrogen) atoms. The highest BCUT2D eigenvalue weighted by Crippen LogP contribution is 2.28. The molecule has 2 aromatic carbocycles. The van der Waals surface area contributed by atoms with Gasteiger partial charge in [-0.05, 0) is 30.2 Å². The number of nitrogens with zero attached hydrogens (tertiary/aromatic N) is 4. The Morgan fingerprint density at radius 3 is 2.54 bits per heavy atom. The molecule has 9 nitrogen and oxygen atoms in total. The number of rotatable bonds is 9. The highest BCUT2D eigenvalue weighted by Gasteiger charge is 2.43. The van der Waals surface area contributed by atoms with Crippen molar-refractivity contribution < 1.29 is 19.1 Å². The molecule has 3 aliphatic heterocycles. The summed E-state index contributed by atoms with van der Waals surface area (Å²) in [6.45, 7) is 9.44. The van der Waals surface area contributed by atoms with Crippen LogP contribution in [-0.4, -0.2) is 123 Å². The van der Waals surface area contributed by atoms with E-state index in [1.165, 1.54) is 5.56 Å². The molecular formula is C30H41N5O4. The van der Waals surface area contributed by atoms with Gasteiger partial charge < -0.3 is 24.6 Å².